The summed E-state index contributed by atoms with van der Waals surface area (Å²) in [6.45, 7) is 5.50. The standard InChI is InChI=1S/C17H21NO2/c1-13-9-14(2)11-15(10-13)17(19)6-7-18(3)12-16-5-4-8-20-16/h4-5,8-11H,6-7,12H2,1-3H3. The third-order valence-corrected chi connectivity index (χ3v) is 3.27. The number of hydrogen-bond acceptors (Lipinski definition) is 3. The largest absolute Gasteiger partial charge is 0.468 e. The number of rotatable bonds is 6. The number of nitrogens with zero attached hydrogens (tertiary/aromatic N) is 1. The minimum Gasteiger partial charge on any atom is -0.468 e. The Morgan fingerprint density at radius 3 is 2.50 bits per heavy atom. The van der Waals surface area contributed by atoms with E-state index in [0.717, 1.165) is 35.5 Å². The molecule has 0 N–H and O–H groups in total. The molecule has 0 saturated heterocycles. The van der Waals surface area contributed by atoms with E-state index in [1.165, 1.54) is 0 Å². The Morgan fingerprint density at radius 2 is 1.90 bits per heavy atom. The molecule has 0 fully saturated rings. The molecule has 20 heavy (non-hydrogen) atoms. The first-order valence-corrected chi connectivity index (χ1v) is 6.87. The van der Waals surface area contributed by atoms with Crippen LogP contribution in [-0.4, -0.2) is 24.3 Å². The Morgan fingerprint density at radius 1 is 1.20 bits per heavy atom. The number of ketones is 1. The van der Waals surface area contributed by atoms with Crippen molar-refractivity contribution in [1.29, 1.82) is 0 Å². The first kappa shape index (κ1) is 14.5. The van der Waals surface area contributed by atoms with Gasteiger partial charge in [-0.05, 0) is 45.2 Å². The van der Waals surface area contributed by atoms with Crippen molar-refractivity contribution in [3.05, 3.63) is 59.0 Å². The fraction of sp³-hybridized carbons (Fsp3) is 0.353. The average Bonchev–Trinajstić information content (AvgIpc) is 2.87. The summed E-state index contributed by atoms with van der Waals surface area (Å²) >= 11 is 0. The van der Waals surface area contributed by atoms with Crippen molar-refractivity contribution < 1.29 is 9.21 Å². The predicted molar refractivity (Wildman–Crippen MR) is 79.9 cm³/mol. The van der Waals surface area contributed by atoms with Crippen molar-refractivity contribution in [2.45, 2.75) is 26.8 Å². The molecule has 0 unspecified atom stereocenters. The van der Waals surface area contributed by atoms with Crippen LogP contribution in [0.3, 0.4) is 0 Å². The van der Waals surface area contributed by atoms with Gasteiger partial charge in [-0.2, -0.15) is 0 Å². The Hall–Kier alpha value is -1.87. The van der Waals surface area contributed by atoms with Gasteiger partial charge in [0, 0.05) is 18.5 Å². The van der Waals surface area contributed by atoms with E-state index >= 15 is 0 Å². The molecule has 0 amide bonds. The molecule has 0 aliphatic carbocycles. The zero-order chi connectivity index (χ0) is 14.5. The van der Waals surface area contributed by atoms with E-state index in [4.69, 9.17) is 4.42 Å². The van der Waals surface area contributed by atoms with Crippen LogP contribution >= 0.6 is 0 Å². The Labute approximate surface area is 120 Å². The van der Waals surface area contributed by atoms with Crippen LogP contribution in [-0.2, 0) is 6.54 Å². The molecule has 2 aromatic rings. The predicted octanol–water partition coefficient (Wildman–Crippen LogP) is 3.60. The lowest BCUT2D eigenvalue weighted by molar-refractivity contribution is 0.0966. The summed E-state index contributed by atoms with van der Waals surface area (Å²) in [5.74, 6) is 1.12. The maximum Gasteiger partial charge on any atom is 0.164 e. The summed E-state index contributed by atoms with van der Waals surface area (Å²) in [5.41, 5.74) is 3.09. The molecule has 1 aromatic carbocycles. The summed E-state index contributed by atoms with van der Waals surface area (Å²) in [5, 5.41) is 0. The second kappa shape index (κ2) is 6.53. The third-order valence-electron chi connectivity index (χ3n) is 3.27. The molecule has 0 saturated carbocycles. The van der Waals surface area contributed by atoms with Crippen LogP contribution in [0.5, 0.6) is 0 Å². The van der Waals surface area contributed by atoms with Gasteiger partial charge in [0.15, 0.2) is 5.78 Å². The lowest BCUT2D eigenvalue weighted by atomic mass is 10.0. The highest BCUT2D eigenvalue weighted by Crippen LogP contribution is 2.12. The molecule has 0 spiro atoms. The zero-order valence-corrected chi connectivity index (χ0v) is 12.3. The first-order valence-electron chi connectivity index (χ1n) is 6.87. The van der Waals surface area contributed by atoms with Gasteiger partial charge in [-0.25, -0.2) is 0 Å². The molecule has 1 aromatic heterocycles. The van der Waals surface area contributed by atoms with Gasteiger partial charge in [0.1, 0.15) is 5.76 Å². The van der Waals surface area contributed by atoms with Gasteiger partial charge in [0.05, 0.1) is 12.8 Å². The molecule has 0 atom stereocenters. The van der Waals surface area contributed by atoms with Gasteiger partial charge < -0.3 is 4.42 Å². The smallest absolute Gasteiger partial charge is 0.164 e. The third kappa shape index (κ3) is 4.07. The molecule has 0 bridgehead atoms. The van der Waals surface area contributed by atoms with Crippen LogP contribution in [0, 0.1) is 13.8 Å². The second-order valence-corrected chi connectivity index (χ2v) is 5.37. The van der Waals surface area contributed by atoms with E-state index in [2.05, 4.69) is 11.0 Å². The molecule has 3 heteroatoms. The number of benzene rings is 1. The molecule has 1 heterocycles. The Kier molecular flexibility index (Phi) is 4.74. The molecule has 106 valence electrons. The normalized spacial score (nSPS) is 11.0. The summed E-state index contributed by atoms with van der Waals surface area (Å²) in [6.07, 6.45) is 2.20. The monoisotopic (exact) mass is 271 g/mol. The second-order valence-electron chi connectivity index (χ2n) is 5.37. The highest BCUT2D eigenvalue weighted by molar-refractivity contribution is 5.96. The molecule has 0 aliphatic heterocycles. The minimum absolute atomic E-state index is 0.197. The number of Topliss-reactive ketones (excluding diaryl/α,β-unsaturated/α-hetero) is 1. The molecule has 2 rings (SSSR count). The van der Waals surface area contributed by atoms with Gasteiger partial charge in [-0.1, -0.05) is 17.2 Å². The fourth-order valence-electron chi connectivity index (χ4n) is 2.32. The molecule has 0 aliphatic rings. The van der Waals surface area contributed by atoms with Crippen molar-refractivity contribution in [2.24, 2.45) is 0 Å². The zero-order valence-electron chi connectivity index (χ0n) is 12.3. The van der Waals surface area contributed by atoms with Crippen molar-refractivity contribution >= 4 is 5.78 Å². The van der Waals surface area contributed by atoms with Gasteiger partial charge in [0.2, 0.25) is 0 Å². The van der Waals surface area contributed by atoms with E-state index in [1.807, 2.05) is 45.2 Å². The van der Waals surface area contributed by atoms with E-state index in [9.17, 15) is 4.79 Å². The maximum atomic E-state index is 12.2. The van der Waals surface area contributed by atoms with Crippen molar-refractivity contribution in [3.8, 4) is 0 Å². The van der Waals surface area contributed by atoms with Crippen LogP contribution in [0.1, 0.15) is 33.7 Å². The van der Waals surface area contributed by atoms with E-state index in [0.29, 0.717) is 6.42 Å². The Balaban J connectivity index is 1.88. The minimum atomic E-state index is 0.197. The van der Waals surface area contributed by atoms with Crippen LogP contribution < -0.4 is 0 Å². The summed E-state index contributed by atoms with van der Waals surface area (Å²) in [7, 11) is 2.00. The number of furan rings is 1. The van der Waals surface area contributed by atoms with E-state index < -0.39 is 0 Å². The van der Waals surface area contributed by atoms with Crippen LogP contribution in [0.15, 0.2) is 41.0 Å². The van der Waals surface area contributed by atoms with E-state index in [-0.39, 0.29) is 5.78 Å². The molecular weight excluding hydrogens is 250 g/mol. The molecule has 0 radical (unpaired) electrons. The van der Waals surface area contributed by atoms with Gasteiger partial charge in [0.25, 0.3) is 0 Å². The number of hydrogen-bond donors (Lipinski definition) is 0. The maximum absolute atomic E-state index is 12.2. The highest BCUT2D eigenvalue weighted by atomic mass is 16.3. The van der Waals surface area contributed by atoms with Gasteiger partial charge >= 0.3 is 0 Å². The Bertz CT molecular complexity index is 552. The van der Waals surface area contributed by atoms with Crippen LogP contribution in [0.4, 0.5) is 0 Å². The molecule has 3 nitrogen and oxygen atoms in total. The van der Waals surface area contributed by atoms with Gasteiger partial charge in [-0.15, -0.1) is 0 Å². The molecular formula is C17H21NO2. The SMILES string of the molecule is Cc1cc(C)cc(C(=O)CCN(C)Cc2ccco2)c1. The summed E-state index contributed by atoms with van der Waals surface area (Å²) in [4.78, 5) is 14.3. The van der Waals surface area contributed by atoms with Gasteiger partial charge in [-0.3, -0.25) is 9.69 Å². The number of carbonyl (C=O) groups excluding carboxylic acids is 1. The topological polar surface area (TPSA) is 33.5 Å². The van der Waals surface area contributed by atoms with Crippen molar-refractivity contribution in [1.82, 2.24) is 4.90 Å². The summed E-state index contributed by atoms with van der Waals surface area (Å²) < 4.78 is 5.30. The lowest BCUT2D eigenvalue weighted by Gasteiger charge is -2.14. The van der Waals surface area contributed by atoms with Crippen LogP contribution in [0.2, 0.25) is 0 Å². The van der Waals surface area contributed by atoms with Crippen molar-refractivity contribution in [3.63, 3.8) is 0 Å². The number of aryl methyl sites for hydroxylation is 2. The average molecular weight is 271 g/mol. The van der Waals surface area contributed by atoms with Crippen molar-refractivity contribution in [2.75, 3.05) is 13.6 Å². The van der Waals surface area contributed by atoms with Crippen LogP contribution in [0.25, 0.3) is 0 Å². The summed E-state index contributed by atoms with van der Waals surface area (Å²) in [6, 6.07) is 9.83. The highest BCUT2D eigenvalue weighted by Gasteiger charge is 2.09. The lowest BCUT2D eigenvalue weighted by Crippen LogP contribution is -2.21. The fourth-order valence-corrected chi connectivity index (χ4v) is 2.32. The first-order chi connectivity index (χ1) is 9.54. The van der Waals surface area contributed by atoms with E-state index in [1.54, 1.807) is 6.26 Å². The quantitative estimate of drug-likeness (QED) is 0.753. The number of carbonyl (C=O) groups is 1.